The quantitative estimate of drug-likeness (QED) is 0.356. The van der Waals surface area contributed by atoms with Gasteiger partial charge in [-0.1, -0.05) is 13.8 Å². The van der Waals surface area contributed by atoms with Crippen molar-refractivity contribution < 1.29 is 9.05 Å². The van der Waals surface area contributed by atoms with E-state index < -0.39 is 8.38 Å². The Bertz CT molecular complexity index is 88.2. The van der Waals surface area contributed by atoms with Crippen LogP contribution in [0, 0.1) is 0 Å². The molecule has 0 aromatic heterocycles. The van der Waals surface area contributed by atoms with E-state index in [9.17, 15) is 0 Å². The Hall–Kier alpha value is 0.640. The number of halogens is 1. The third-order valence-corrected chi connectivity index (χ3v) is 3.31. The van der Waals surface area contributed by atoms with Gasteiger partial charge in [0, 0.05) is 12.0 Å². The smallest absolute Gasteiger partial charge is 0.170 e. The van der Waals surface area contributed by atoms with Gasteiger partial charge < -0.3 is 9.05 Å². The minimum Gasteiger partial charge on any atom is -0.334 e. The van der Waals surface area contributed by atoms with Crippen molar-refractivity contribution in [3.05, 3.63) is 0 Å². The first kappa shape index (κ1) is 17.0. The van der Waals surface area contributed by atoms with Gasteiger partial charge >= 0.3 is 0 Å². The highest BCUT2D eigenvalue weighted by molar-refractivity contribution is 7.47. The molecular weight excluding hydrogens is 219 g/mol. The van der Waals surface area contributed by atoms with E-state index in [4.69, 9.17) is 20.6 Å². The lowest BCUT2D eigenvalue weighted by Gasteiger charge is -2.14. The van der Waals surface area contributed by atoms with E-state index >= 15 is 0 Å². The molecule has 0 bridgehead atoms. The van der Waals surface area contributed by atoms with Crippen molar-refractivity contribution in [2.24, 2.45) is 0 Å². The van der Waals surface area contributed by atoms with Crippen LogP contribution in [0.25, 0.3) is 0 Å². The fourth-order valence-corrected chi connectivity index (χ4v) is 2.37. The van der Waals surface area contributed by atoms with Gasteiger partial charge in [0.15, 0.2) is 8.38 Å². The van der Waals surface area contributed by atoms with E-state index in [0.717, 1.165) is 38.1 Å². The second-order valence-electron chi connectivity index (χ2n) is 2.29. The van der Waals surface area contributed by atoms with Crippen LogP contribution in [0.3, 0.4) is 0 Å². The number of unbranched alkanes of at least 4 members (excludes halogenated alkanes) is 1. The standard InChI is InChI=1S/C8H18ClO2P.C2H6/c1-3-10-12(11-4-2)8-6-5-7-9;1-2/h3-8H2,1-2H3;1-2H3. The summed E-state index contributed by atoms with van der Waals surface area (Å²) in [5.74, 6) is 0.738. The zero-order chi connectivity index (χ0) is 11.2. The van der Waals surface area contributed by atoms with Crippen LogP contribution in [-0.2, 0) is 9.05 Å². The predicted molar refractivity (Wildman–Crippen MR) is 66.3 cm³/mol. The van der Waals surface area contributed by atoms with Crippen LogP contribution >= 0.6 is 20.0 Å². The molecule has 4 heteroatoms. The minimum absolute atomic E-state index is 0.631. The Morgan fingerprint density at radius 3 is 1.86 bits per heavy atom. The summed E-state index contributed by atoms with van der Waals surface area (Å²) in [6, 6.07) is 0. The van der Waals surface area contributed by atoms with E-state index in [-0.39, 0.29) is 0 Å². The number of hydrogen-bond acceptors (Lipinski definition) is 2. The monoisotopic (exact) mass is 242 g/mol. The summed E-state index contributed by atoms with van der Waals surface area (Å²) in [4.78, 5) is 0. The second-order valence-corrected chi connectivity index (χ2v) is 4.30. The number of hydrogen-bond donors (Lipinski definition) is 0. The van der Waals surface area contributed by atoms with Crippen LogP contribution in [0.4, 0.5) is 0 Å². The van der Waals surface area contributed by atoms with Gasteiger partial charge in [-0.25, -0.2) is 0 Å². The van der Waals surface area contributed by atoms with Crippen LogP contribution in [0.5, 0.6) is 0 Å². The Labute approximate surface area is 95.2 Å². The molecule has 88 valence electrons. The molecule has 0 saturated carbocycles. The van der Waals surface area contributed by atoms with Gasteiger partial charge in [0.2, 0.25) is 0 Å². The predicted octanol–water partition coefficient (Wildman–Crippen LogP) is 4.42. The lowest BCUT2D eigenvalue weighted by molar-refractivity contribution is 0.269. The maximum Gasteiger partial charge on any atom is 0.170 e. The average Bonchev–Trinajstić information content (AvgIpc) is 2.22. The first-order chi connectivity index (χ1) is 6.85. The average molecular weight is 243 g/mol. The normalized spacial score (nSPS) is 9.86. The molecule has 2 nitrogen and oxygen atoms in total. The molecular formula is C10H24ClO2P. The zero-order valence-corrected chi connectivity index (χ0v) is 11.5. The summed E-state index contributed by atoms with van der Waals surface area (Å²) in [6.45, 7) is 9.48. The summed E-state index contributed by atoms with van der Waals surface area (Å²) in [6.07, 6.45) is 3.18. The van der Waals surface area contributed by atoms with Gasteiger partial charge in [0.05, 0.1) is 13.2 Å². The molecule has 14 heavy (non-hydrogen) atoms. The van der Waals surface area contributed by atoms with Gasteiger partial charge in [-0.3, -0.25) is 0 Å². The molecule has 0 aromatic carbocycles. The highest BCUT2D eigenvalue weighted by Gasteiger charge is 2.07. The molecule has 0 radical (unpaired) electrons. The Balaban J connectivity index is 0. The van der Waals surface area contributed by atoms with Crippen LogP contribution in [0.1, 0.15) is 40.5 Å². The first-order valence-corrected chi connectivity index (χ1v) is 7.34. The van der Waals surface area contributed by atoms with Gasteiger partial charge in [-0.05, 0) is 26.7 Å². The largest absolute Gasteiger partial charge is 0.334 e. The van der Waals surface area contributed by atoms with Crippen molar-refractivity contribution >= 4 is 20.0 Å². The van der Waals surface area contributed by atoms with Gasteiger partial charge in [0.1, 0.15) is 0 Å². The molecule has 0 atom stereocenters. The van der Waals surface area contributed by atoms with Crippen molar-refractivity contribution in [2.45, 2.75) is 40.5 Å². The lowest BCUT2D eigenvalue weighted by Crippen LogP contribution is -1.95. The first-order valence-electron chi connectivity index (χ1n) is 5.44. The Morgan fingerprint density at radius 2 is 1.50 bits per heavy atom. The fourth-order valence-electron chi connectivity index (χ4n) is 0.790. The molecule has 0 aliphatic rings. The molecule has 0 aromatic rings. The van der Waals surface area contributed by atoms with Crippen LogP contribution in [0.15, 0.2) is 0 Å². The molecule has 0 amide bonds. The highest BCUT2D eigenvalue weighted by Crippen LogP contribution is 2.38. The summed E-state index contributed by atoms with van der Waals surface area (Å²) in [5.41, 5.74) is 0. The summed E-state index contributed by atoms with van der Waals surface area (Å²) < 4.78 is 10.9. The van der Waals surface area contributed by atoms with Gasteiger partial charge in [0.25, 0.3) is 0 Å². The third-order valence-electron chi connectivity index (χ3n) is 1.27. The number of rotatable bonds is 8. The zero-order valence-electron chi connectivity index (χ0n) is 9.88. The van der Waals surface area contributed by atoms with E-state index in [0.29, 0.717) is 0 Å². The molecule has 0 heterocycles. The Morgan fingerprint density at radius 1 is 1.00 bits per heavy atom. The Kier molecular flexibility index (Phi) is 19.6. The molecule has 0 unspecified atom stereocenters. The minimum atomic E-state index is -0.631. The van der Waals surface area contributed by atoms with E-state index in [1.807, 2.05) is 27.7 Å². The SMILES string of the molecule is CC.CCOP(CCCCCl)OCC. The maximum absolute atomic E-state index is 5.56. The second kappa shape index (κ2) is 16.1. The molecule has 0 N–H and O–H groups in total. The molecule has 0 rings (SSSR count). The summed E-state index contributed by atoms with van der Waals surface area (Å²) >= 11 is 5.56. The van der Waals surface area contributed by atoms with Crippen LogP contribution in [-0.4, -0.2) is 25.3 Å². The fraction of sp³-hybridized carbons (Fsp3) is 1.00. The highest BCUT2D eigenvalue weighted by atomic mass is 35.5. The van der Waals surface area contributed by atoms with E-state index in [1.165, 1.54) is 0 Å². The molecule has 0 saturated heterocycles. The maximum atomic E-state index is 5.56. The van der Waals surface area contributed by atoms with Gasteiger partial charge in [-0.15, -0.1) is 11.6 Å². The molecule has 0 spiro atoms. The molecule has 0 aliphatic heterocycles. The van der Waals surface area contributed by atoms with Crippen molar-refractivity contribution in [3.63, 3.8) is 0 Å². The molecule has 0 fully saturated rings. The lowest BCUT2D eigenvalue weighted by atomic mass is 10.4. The summed E-state index contributed by atoms with van der Waals surface area (Å²) in [7, 11) is -0.631. The van der Waals surface area contributed by atoms with Crippen molar-refractivity contribution in [3.8, 4) is 0 Å². The third kappa shape index (κ3) is 12.6. The topological polar surface area (TPSA) is 18.5 Å². The van der Waals surface area contributed by atoms with Crippen molar-refractivity contribution in [1.29, 1.82) is 0 Å². The summed E-state index contributed by atoms with van der Waals surface area (Å²) in [5, 5.41) is 0. The van der Waals surface area contributed by atoms with Gasteiger partial charge in [-0.2, -0.15) is 0 Å². The van der Waals surface area contributed by atoms with Crippen molar-refractivity contribution in [1.82, 2.24) is 0 Å². The van der Waals surface area contributed by atoms with Crippen molar-refractivity contribution in [2.75, 3.05) is 25.3 Å². The molecule has 0 aliphatic carbocycles. The van der Waals surface area contributed by atoms with E-state index in [2.05, 4.69) is 0 Å². The number of alkyl halides is 1. The van der Waals surface area contributed by atoms with E-state index in [1.54, 1.807) is 0 Å². The van der Waals surface area contributed by atoms with Crippen LogP contribution < -0.4 is 0 Å². The van der Waals surface area contributed by atoms with Crippen LogP contribution in [0.2, 0.25) is 0 Å².